The van der Waals surface area contributed by atoms with Gasteiger partial charge in [-0.3, -0.25) is 4.79 Å². The first-order valence-corrected chi connectivity index (χ1v) is 10.5. The molecule has 0 rings (SSSR count). The van der Waals surface area contributed by atoms with Crippen LogP contribution in [0.2, 0.25) is 0 Å². The van der Waals surface area contributed by atoms with Gasteiger partial charge in [0.25, 0.3) is 0 Å². The van der Waals surface area contributed by atoms with E-state index in [1.54, 1.807) is 0 Å². The second-order valence-corrected chi connectivity index (χ2v) is 7.19. The Balaban J connectivity index is 3.14. The van der Waals surface area contributed by atoms with Gasteiger partial charge >= 0.3 is 0 Å². The molecule has 0 spiro atoms. The third kappa shape index (κ3) is 16.4. The highest BCUT2D eigenvalue weighted by molar-refractivity contribution is 5.82. The maximum Gasteiger partial charge on any atom is 0.163 e. The molecule has 0 fully saturated rings. The molecule has 24 heavy (non-hydrogen) atoms. The van der Waals surface area contributed by atoms with Crippen LogP contribution in [0.15, 0.2) is 0 Å². The molecule has 0 bridgehead atoms. The number of Topliss-reactive ketones (excluding diaryl/α,β-unsaturated/α-hetero) is 1. The minimum Gasteiger partial charge on any atom is -0.396 e. The number of hydrogen-bond acceptors (Lipinski definition) is 3. The van der Waals surface area contributed by atoms with Crippen molar-refractivity contribution in [3.8, 4) is 0 Å². The van der Waals surface area contributed by atoms with Crippen LogP contribution in [0.5, 0.6) is 0 Å². The highest BCUT2D eigenvalue weighted by Crippen LogP contribution is 2.14. The first-order chi connectivity index (χ1) is 11.7. The second kappa shape index (κ2) is 18.9. The predicted octanol–water partition coefficient (Wildman–Crippen LogP) is 5.56. The highest BCUT2D eigenvalue weighted by atomic mass is 16.3. The number of unbranched alkanes of at least 4 members (excludes halogenated alkanes) is 14. The minimum absolute atomic E-state index is 0.0832. The van der Waals surface area contributed by atoms with E-state index < -0.39 is 6.10 Å². The topological polar surface area (TPSA) is 57.5 Å². The molecule has 0 aliphatic carbocycles. The first-order valence-electron chi connectivity index (χ1n) is 10.5. The fourth-order valence-corrected chi connectivity index (χ4v) is 3.15. The molecule has 1 unspecified atom stereocenters. The molecule has 0 saturated carbocycles. The monoisotopic (exact) mass is 342 g/mol. The standard InChI is InChI=1S/C21H42O3/c1-2-3-4-5-6-7-8-9-10-11-12-13-14-15-16-17-20(23)21(24)18-19-22/h20,22-23H,2-19H2,1H3. The number of aliphatic hydroxyl groups excluding tert-OH is 2. The molecule has 0 radical (unpaired) electrons. The average Bonchev–Trinajstić information content (AvgIpc) is 2.58. The van der Waals surface area contributed by atoms with Crippen molar-refractivity contribution in [2.45, 2.75) is 122 Å². The van der Waals surface area contributed by atoms with E-state index >= 15 is 0 Å². The molecule has 0 aromatic carbocycles. The molecular weight excluding hydrogens is 300 g/mol. The molecule has 2 N–H and O–H groups in total. The Bertz CT molecular complexity index is 266. The molecule has 1 atom stereocenters. The van der Waals surface area contributed by atoms with Crippen molar-refractivity contribution in [3.05, 3.63) is 0 Å². The zero-order valence-electron chi connectivity index (χ0n) is 16.1. The zero-order valence-corrected chi connectivity index (χ0v) is 16.1. The summed E-state index contributed by atoms with van der Waals surface area (Å²) in [5.41, 5.74) is 0. The lowest BCUT2D eigenvalue weighted by Gasteiger charge is -2.08. The predicted molar refractivity (Wildman–Crippen MR) is 102 cm³/mol. The second-order valence-electron chi connectivity index (χ2n) is 7.19. The summed E-state index contributed by atoms with van der Waals surface area (Å²) in [6.45, 7) is 2.11. The zero-order chi connectivity index (χ0) is 17.9. The van der Waals surface area contributed by atoms with E-state index in [9.17, 15) is 9.90 Å². The molecule has 0 aromatic heterocycles. The van der Waals surface area contributed by atoms with Crippen molar-refractivity contribution in [2.24, 2.45) is 0 Å². The number of rotatable bonds is 19. The van der Waals surface area contributed by atoms with Gasteiger partial charge in [-0.15, -0.1) is 0 Å². The molecule has 3 heteroatoms. The molecule has 0 saturated heterocycles. The van der Waals surface area contributed by atoms with E-state index in [-0.39, 0.29) is 18.8 Å². The lowest BCUT2D eigenvalue weighted by molar-refractivity contribution is -0.128. The normalized spacial score (nSPS) is 12.5. The van der Waals surface area contributed by atoms with Gasteiger partial charge in [0.2, 0.25) is 0 Å². The fraction of sp³-hybridized carbons (Fsp3) is 0.952. The van der Waals surface area contributed by atoms with Gasteiger partial charge in [0, 0.05) is 6.42 Å². The summed E-state index contributed by atoms with van der Waals surface area (Å²) in [7, 11) is 0. The summed E-state index contributed by atoms with van der Waals surface area (Å²) in [5.74, 6) is -0.220. The van der Waals surface area contributed by atoms with E-state index in [1.165, 1.54) is 83.5 Å². The maximum absolute atomic E-state index is 11.3. The van der Waals surface area contributed by atoms with Gasteiger partial charge in [-0.2, -0.15) is 0 Å². The minimum atomic E-state index is -0.862. The van der Waals surface area contributed by atoms with Crippen molar-refractivity contribution >= 4 is 5.78 Å². The molecule has 144 valence electrons. The Morgan fingerprint density at radius 2 is 1.08 bits per heavy atom. The smallest absolute Gasteiger partial charge is 0.163 e. The summed E-state index contributed by atoms with van der Waals surface area (Å²) in [6.07, 6.45) is 19.5. The van der Waals surface area contributed by atoms with Crippen LogP contribution in [0.25, 0.3) is 0 Å². The summed E-state index contributed by atoms with van der Waals surface area (Å²) >= 11 is 0. The van der Waals surface area contributed by atoms with Crippen molar-refractivity contribution < 1.29 is 15.0 Å². The maximum atomic E-state index is 11.3. The van der Waals surface area contributed by atoms with Crippen molar-refractivity contribution in [3.63, 3.8) is 0 Å². The van der Waals surface area contributed by atoms with Gasteiger partial charge in [0.15, 0.2) is 5.78 Å². The van der Waals surface area contributed by atoms with Crippen LogP contribution < -0.4 is 0 Å². The van der Waals surface area contributed by atoms with Crippen LogP contribution >= 0.6 is 0 Å². The SMILES string of the molecule is CCCCCCCCCCCCCCCCCC(O)C(=O)CCO. The molecule has 0 aromatic rings. The Morgan fingerprint density at radius 1 is 0.708 bits per heavy atom. The van der Waals surface area contributed by atoms with Crippen LogP contribution in [-0.2, 0) is 4.79 Å². The van der Waals surface area contributed by atoms with Gasteiger partial charge in [-0.05, 0) is 6.42 Å². The molecule has 0 amide bonds. The molecule has 0 aliphatic heterocycles. The van der Waals surface area contributed by atoms with E-state index in [2.05, 4.69) is 6.92 Å². The van der Waals surface area contributed by atoms with Crippen LogP contribution in [0.4, 0.5) is 0 Å². The van der Waals surface area contributed by atoms with E-state index in [0.717, 1.165) is 12.8 Å². The molecule has 3 nitrogen and oxygen atoms in total. The van der Waals surface area contributed by atoms with Gasteiger partial charge in [0.05, 0.1) is 6.61 Å². The number of ketones is 1. The lowest BCUT2D eigenvalue weighted by Crippen LogP contribution is -2.20. The molecule has 0 aliphatic rings. The van der Waals surface area contributed by atoms with Gasteiger partial charge in [-0.1, -0.05) is 103 Å². The van der Waals surface area contributed by atoms with Crippen molar-refractivity contribution in [2.75, 3.05) is 6.61 Å². The molecular formula is C21H42O3. The van der Waals surface area contributed by atoms with E-state index in [0.29, 0.717) is 6.42 Å². The summed E-state index contributed by atoms with van der Waals surface area (Å²) in [6, 6.07) is 0. The summed E-state index contributed by atoms with van der Waals surface area (Å²) < 4.78 is 0. The van der Waals surface area contributed by atoms with Gasteiger partial charge in [0.1, 0.15) is 6.10 Å². The Hall–Kier alpha value is -0.410. The van der Waals surface area contributed by atoms with Crippen LogP contribution in [0, 0.1) is 0 Å². The van der Waals surface area contributed by atoms with Crippen molar-refractivity contribution in [1.82, 2.24) is 0 Å². The Kier molecular flexibility index (Phi) is 18.6. The average molecular weight is 343 g/mol. The summed E-state index contributed by atoms with van der Waals surface area (Å²) in [5, 5.41) is 18.2. The fourth-order valence-electron chi connectivity index (χ4n) is 3.15. The quantitative estimate of drug-likeness (QED) is 0.302. The summed E-state index contributed by atoms with van der Waals surface area (Å²) in [4.78, 5) is 11.3. The van der Waals surface area contributed by atoms with Gasteiger partial charge in [-0.25, -0.2) is 0 Å². The van der Waals surface area contributed by atoms with Crippen LogP contribution in [0.3, 0.4) is 0 Å². The number of carbonyl (C=O) groups is 1. The first kappa shape index (κ1) is 23.6. The number of aliphatic hydroxyl groups is 2. The number of hydrogen-bond donors (Lipinski definition) is 2. The van der Waals surface area contributed by atoms with Crippen LogP contribution in [-0.4, -0.2) is 28.7 Å². The van der Waals surface area contributed by atoms with Crippen LogP contribution in [0.1, 0.15) is 116 Å². The van der Waals surface area contributed by atoms with E-state index in [1.807, 2.05) is 0 Å². The number of carbonyl (C=O) groups excluding carboxylic acids is 1. The largest absolute Gasteiger partial charge is 0.396 e. The van der Waals surface area contributed by atoms with E-state index in [4.69, 9.17) is 5.11 Å². The highest BCUT2D eigenvalue weighted by Gasteiger charge is 2.13. The Labute approximate surface area is 150 Å². The van der Waals surface area contributed by atoms with Crippen molar-refractivity contribution in [1.29, 1.82) is 0 Å². The lowest BCUT2D eigenvalue weighted by atomic mass is 10.0. The van der Waals surface area contributed by atoms with Gasteiger partial charge < -0.3 is 10.2 Å². The third-order valence-corrected chi connectivity index (χ3v) is 4.81. The molecule has 0 heterocycles. The Morgan fingerprint density at radius 3 is 1.46 bits per heavy atom. The third-order valence-electron chi connectivity index (χ3n) is 4.81.